The lowest BCUT2D eigenvalue weighted by Gasteiger charge is -2.21. The zero-order chi connectivity index (χ0) is 16.1. The van der Waals surface area contributed by atoms with Crippen molar-refractivity contribution in [1.29, 1.82) is 5.26 Å². The van der Waals surface area contributed by atoms with E-state index in [0.717, 1.165) is 12.1 Å². The van der Waals surface area contributed by atoms with E-state index in [9.17, 15) is 0 Å². The van der Waals surface area contributed by atoms with Crippen molar-refractivity contribution in [2.75, 3.05) is 6.61 Å². The lowest BCUT2D eigenvalue weighted by molar-refractivity contribution is 0.264. The van der Waals surface area contributed by atoms with Crippen LogP contribution in [0.25, 0.3) is 0 Å². The summed E-state index contributed by atoms with van der Waals surface area (Å²) in [5, 5.41) is 13.0. The molecule has 0 saturated carbocycles. The molecule has 0 aliphatic carbocycles. The van der Waals surface area contributed by atoms with Crippen molar-refractivity contribution in [1.82, 2.24) is 5.32 Å². The minimum Gasteiger partial charge on any atom is -0.492 e. The Kier molecular flexibility index (Phi) is 6.07. The molecule has 1 rings (SSSR count). The quantitative estimate of drug-likeness (QED) is 0.838. The molecule has 0 fully saturated rings. The van der Waals surface area contributed by atoms with E-state index in [1.54, 1.807) is 0 Å². The van der Waals surface area contributed by atoms with Gasteiger partial charge in [-0.3, -0.25) is 0 Å². The SMILES string of the molecule is CC(C)(C#N)CCOc1ccc(CNC(C)(C)C)cc1Cl. The first-order chi connectivity index (χ1) is 9.63. The summed E-state index contributed by atoms with van der Waals surface area (Å²) in [4.78, 5) is 0. The third-order valence-electron chi connectivity index (χ3n) is 3.11. The maximum absolute atomic E-state index is 8.97. The van der Waals surface area contributed by atoms with Crippen LogP contribution in [0.1, 0.15) is 46.6 Å². The van der Waals surface area contributed by atoms with E-state index < -0.39 is 0 Å². The fourth-order valence-electron chi connectivity index (χ4n) is 1.61. The predicted molar refractivity (Wildman–Crippen MR) is 87.6 cm³/mol. The highest BCUT2D eigenvalue weighted by molar-refractivity contribution is 6.32. The molecule has 0 atom stereocenters. The van der Waals surface area contributed by atoms with Gasteiger partial charge in [0.15, 0.2) is 0 Å². The number of nitrogens with zero attached hydrogens (tertiary/aromatic N) is 1. The second-order valence-corrected chi connectivity index (χ2v) is 7.37. The number of ether oxygens (including phenoxy) is 1. The third kappa shape index (κ3) is 6.84. The number of nitriles is 1. The van der Waals surface area contributed by atoms with Gasteiger partial charge >= 0.3 is 0 Å². The number of benzene rings is 1. The zero-order valence-corrected chi connectivity index (χ0v) is 14.3. The van der Waals surface area contributed by atoms with Crippen LogP contribution in [0, 0.1) is 16.7 Å². The molecule has 1 aromatic carbocycles. The summed E-state index contributed by atoms with van der Waals surface area (Å²) < 4.78 is 5.67. The topological polar surface area (TPSA) is 45.0 Å². The van der Waals surface area contributed by atoms with Crippen molar-refractivity contribution >= 4 is 11.6 Å². The highest BCUT2D eigenvalue weighted by Gasteiger charge is 2.16. The second-order valence-electron chi connectivity index (χ2n) is 6.96. The molecular formula is C17H25ClN2O. The van der Waals surface area contributed by atoms with E-state index in [1.165, 1.54) is 0 Å². The minimum atomic E-state index is -0.372. The maximum Gasteiger partial charge on any atom is 0.137 e. The molecule has 0 radical (unpaired) electrons. The van der Waals surface area contributed by atoms with Crippen LogP contribution in [0.15, 0.2) is 18.2 Å². The Morgan fingerprint density at radius 3 is 2.43 bits per heavy atom. The van der Waals surface area contributed by atoms with E-state index in [-0.39, 0.29) is 11.0 Å². The summed E-state index contributed by atoms with van der Waals surface area (Å²) in [5.41, 5.74) is 0.827. The van der Waals surface area contributed by atoms with Crippen molar-refractivity contribution in [2.45, 2.75) is 53.1 Å². The summed E-state index contributed by atoms with van der Waals surface area (Å²) in [5.74, 6) is 0.671. The number of halogens is 1. The molecule has 1 N–H and O–H groups in total. The normalized spacial score (nSPS) is 12.0. The number of hydrogen-bond donors (Lipinski definition) is 1. The Labute approximate surface area is 133 Å². The van der Waals surface area contributed by atoms with Crippen LogP contribution in [0.4, 0.5) is 0 Å². The van der Waals surface area contributed by atoms with Gasteiger partial charge in [0.05, 0.1) is 23.1 Å². The first kappa shape index (κ1) is 17.8. The van der Waals surface area contributed by atoms with Gasteiger partial charge in [-0.15, -0.1) is 0 Å². The van der Waals surface area contributed by atoms with Gasteiger partial charge in [-0.25, -0.2) is 0 Å². The van der Waals surface area contributed by atoms with Crippen LogP contribution in [0.5, 0.6) is 5.75 Å². The predicted octanol–water partition coefficient (Wildman–Crippen LogP) is 4.55. The minimum absolute atomic E-state index is 0.0739. The Morgan fingerprint density at radius 1 is 1.24 bits per heavy atom. The average molecular weight is 309 g/mol. The van der Waals surface area contributed by atoms with Gasteiger partial charge in [0, 0.05) is 12.1 Å². The summed E-state index contributed by atoms with van der Waals surface area (Å²) in [6.07, 6.45) is 0.674. The van der Waals surface area contributed by atoms with Crippen molar-refractivity contribution in [3.05, 3.63) is 28.8 Å². The van der Waals surface area contributed by atoms with Gasteiger partial charge in [0.25, 0.3) is 0 Å². The molecule has 0 aliphatic heterocycles. The lowest BCUT2D eigenvalue weighted by atomic mass is 9.92. The van der Waals surface area contributed by atoms with Crippen LogP contribution in [0.3, 0.4) is 0 Å². The van der Waals surface area contributed by atoms with E-state index in [1.807, 2.05) is 32.0 Å². The number of hydrogen-bond acceptors (Lipinski definition) is 3. The van der Waals surface area contributed by atoms with Gasteiger partial charge in [-0.1, -0.05) is 17.7 Å². The molecule has 0 bridgehead atoms. The molecule has 116 valence electrons. The fraction of sp³-hybridized carbons (Fsp3) is 0.588. The Morgan fingerprint density at radius 2 is 1.90 bits per heavy atom. The van der Waals surface area contributed by atoms with Crippen LogP contribution >= 0.6 is 11.6 Å². The van der Waals surface area contributed by atoms with Crippen LogP contribution < -0.4 is 10.1 Å². The van der Waals surface area contributed by atoms with Gasteiger partial charge in [0.1, 0.15) is 5.75 Å². The van der Waals surface area contributed by atoms with Crippen LogP contribution in [-0.4, -0.2) is 12.1 Å². The van der Waals surface area contributed by atoms with Crippen molar-refractivity contribution < 1.29 is 4.74 Å². The first-order valence-electron chi connectivity index (χ1n) is 7.20. The third-order valence-corrected chi connectivity index (χ3v) is 3.40. The molecule has 4 heteroatoms. The molecule has 0 spiro atoms. The molecule has 0 unspecified atom stereocenters. The monoisotopic (exact) mass is 308 g/mol. The smallest absolute Gasteiger partial charge is 0.137 e. The van der Waals surface area contributed by atoms with Crippen molar-refractivity contribution in [2.24, 2.45) is 5.41 Å². The molecule has 21 heavy (non-hydrogen) atoms. The Hall–Kier alpha value is -1.24. The lowest BCUT2D eigenvalue weighted by Crippen LogP contribution is -2.35. The number of rotatable bonds is 6. The largest absolute Gasteiger partial charge is 0.492 e. The van der Waals surface area contributed by atoms with Gasteiger partial charge in [-0.2, -0.15) is 5.26 Å². The molecule has 0 aromatic heterocycles. The van der Waals surface area contributed by atoms with E-state index in [4.69, 9.17) is 21.6 Å². The van der Waals surface area contributed by atoms with E-state index >= 15 is 0 Å². The zero-order valence-electron chi connectivity index (χ0n) is 13.6. The Balaban J connectivity index is 2.57. The highest BCUT2D eigenvalue weighted by atomic mass is 35.5. The summed E-state index contributed by atoms with van der Waals surface area (Å²) in [7, 11) is 0. The first-order valence-corrected chi connectivity index (χ1v) is 7.58. The van der Waals surface area contributed by atoms with Crippen molar-refractivity contribution in [3.8, 4) is 11.8 Å². The van der Waals surface area contributed by atoms with Gasteiger partial charge < -0.3 is 10.1 Å². The van der Waals surface area contributed by atoms with Crippen molar-refractivity contribution in [3.63, 3.8) is 0 Å². The summed E-state index contributed by atoms with van der Waals surface area (Å²) >= 11 is 6.25. The van der Waals surface area contributed by atoms with E-state index in [0.29, 0.717) is 23.8 Å². The molecule has 3 nitrogen and oxygen atoms in total. The molecule has 0 aliphatic rings. The summed E-state index contributed by atoms with van der Waals surface area (Å²) in [6.45, 7) is 11.4. The van der Waals surface area contributed by atoms with Crippen LogP contribution in [0.2, 0.25) is 5.02 Å². The molecule has 0 saturated heterocycles. The van der Waals surface area contributed by atoms with E-state index in [2.05, 4.69) is 32.2 Å². The van der Waals surface area contributed by atoms with Crippen LogP contribution in [-0.2, 0) is 6.54 Å². The maximum atomic E-state index is 8.97. The number of nitrogens with one attached hydrogen (secondary N) is 1. The fourth-order valence-corrected chi connectivity index (χ4v) is 1.87. The average Bonchev–Trinajstić information content (AvgIpc) is 2.38. The standard InChI is InChI=1S/C17H25ClN2O/c1-16(2,3)20-11-13-6-7-15(14(18)10-13)21-9-8-17(4,5)12-19/h6-7,10,20H,8-9,11H2,1-5H3. The molecule has 1 aromatic rings. The van der Waals surface area contributed by atoms with Gasteiger partial charge in [-0.05, 0) is 58.7 Å². The summed E-state index contributed by atoms with van der Waals surface area (Å²) in [6, 6.07) is 8.08. The Bertz CT molecular complexity index is 513. The second kappa shape index (κ2) is 7.15. The molecule has 0 heterocycles. The molecular weight excluding hydrogens is 284 g/mol. The molecule has 0 amide bonds. The van der Waals surface area contributed by atoms with Gasteiger partial charge in [0.2, 0.25) is 0 Å². The highest BCUT2D eigenvalue weighted by Crippen LogP contribution is 2.27.